The van der Waals surface area contributed by atoms with E-state index in [2.05, 4.69) is 25.8 Å². The molecule has 0 atom stereocenters. The lowest BCUT2D eigenvalue weighted by Gasteiger charge is -2.22. The number of carbonyl (C=O) groups excluding carboxylic acids is 2. The Balaban J connectivity index is 1.79. The smallest absolute Gasteiger partial charge is 0.422 e. The SMILES string of the molecule is Cc1cc2ccnn2c(C(=O)NC(C)(C)C)c1NC(=O)c1cc(OCC(F)(F)F)nn1-c1ncccc1Cl. The molecule has 2 N–H and O–H groups in total. The fraction of sp³-hybridized carbons (Fsp3) is 0.292. The van der Waals surface area contributed by atoms with Crippen LogP contribution in [0.1, 0.15) is 47.3 Å². The minimum absolute atomic E-state index is 0.00822. The first-order valence-electron chi connectivity index (χ1n) is 11.3. The van der Waals surface area contributed by atoms with Crippen molar-refractivity contribution in [3.8, 4) is 11.7 Å². The molecule has 0 aromatic carbocycles. The summed E-state index contributed by atoms with van der Waals surface area (Å²) in [5, 5.41) is 13.8. The van der Waals surface area contributed by atoms with Crippen LogP contribution in [0.2, 0.25) is 5.02 Å². The molecular formula is C24H23ClF3N7O3. The molecule has 0 aliphatic carbocycles. The topological polar surface area (TPSA) is 115 Å². The van der Waals surface area contributed by atoms with Gasteiger partial charge in [-0.2, -0.15) is 18.3 Å². The minimum atomic E-state index is -4.62. The Labute approximate surface area is 219 Å². The third-order valence-electron chi connectivity index (χ3n) is 5.06. The maximum atomic E-state index is 13.5. The molecule has 200 valence electrons. The van der Waals surface area contributed by atoms with Gasteiger partial charge in [0.05, 0.1) is 22.4 Å². The van der Waals surface area contributed by atoms with E-state index in [1.54, 1.807) is 45.9 Å². The van der Waals surface area contributed by atoms with Gasteiger partial charge in [0.2, 0.25) is 5.88 Å². The van der Waals surface area contributed by atoms with E-state index in [4.69, 9.17) is 16.3 Å². The predicted molar refractivity (Wildman–Crippen MR) is 133 cm³/mol. The van der Waals surface area contributed by atoms with Gasteiger partial charge in [0.15, 0.2) is 18.1 Å². The van der Waals surface area contributed by atoms with E-state index >= 15 is 0 Å². The van der Waals surface area contributed by atoms with Gasteiger partial charge in [0.1, 0.15) is 5.69 Å². The van der Waals surface area contributed by atoms with Crippen LogP contribution >= 0.6 is 11.6 Å². The van der Waals surface area contributed by atoms with Crippen molar-refractivity contribution in [1.29, 1.82) is 0 Å². The number of rotatable bonds is 6. The van der Waals surface area contributed by atoms with Gasteiger partial charge in [-0.3, -0.25) is 9.59 Å². The molecule has 4 aromatic rings. The van der Waals surface area contributed by atoms with E-state index in [0.717, 1.165) is 10.7 Å². The quantitative estimate of drug-likeness (QED) is 0.363. The fourth-order valence-corrected chi connectivity index (χ4v) is 3.78. The number of pyridine rings is 2. The van der Waals surface area contributed by atoms with E-state index in [-0.39, 0.29) is 27.9 Å². The first-order valence-corrected chi connectivity index (χ1v) is 11.6. The van der Waals surface area contributed by atoms with E-state index in [0.29, 0.717) is 11.1 Å². The molecular weight excluding hydrogens is 527 g/mol. The van der Waals surface area contributed by atoms with Crippen molar-refractivity contribution < 1.29 is 27.5 Å². The molecule has 0 bridgehead atoms. The second-order valence-corrected chi connectivity index (χ2v) is 9.78. The molecule has 38 heavy (non-hydrogen) atoms. The van der Waals surface area contributed by atoms with Crippen molar-refractivity contribution in [2.75, 3.05) is 11.9 Å². The number of ether oxygens (including phenoxy) is 1. The Bertz CT molecular complexity index is 1520. The van der Waals surface area contributed by atoms with Gasteiger partial charge in [0.25, 0.3) is 11.8 Å². The Morgan fingerprint density at radius 2 is 1.84 bits per heavy atom. The number of aromatic nitrogens is 5. The number of hydrogen-bond acceptors (Lipinski definition) is 6. The van der Waals surface area contributed by atoms with Gasteiger partial charge < -0.3 is 15.4 Å². The van der Waals surface area contributed by atoms with Crippen LogP contribution in [0, 0.1) is 6.92 Å². The van der Waals surface area contributed by atoms with Crippen LogP contribution in [0.3, 0.4) is 0 Å². The molecule has 0 fully saturated rings. The summed E-state index contributed by atoms with van der Waals surface area (Å²) in [5.74, 6) is -1.79. The molecule has 0 aliphatic rings. The highest BCUT2D eigenvalue weighted by Gasteiger charge is 2.30. The number of anilines is 1. The third kappa shape index (κ3) is 5.88. The highest BCUT2D eigenvalue weighted by atomic mass is 35.5. The van der Waals surface area contributed by atoms with Crippen LogP contribution in [-0.4, -0.2) is 54.5 Å². The average Bonchev–Trinajstić information content (AvgIpc) is 3.43. The summed E-state index contributed by atoms with van der Waals surface area (Å²) in [7, 11) is 0. The molecule has 0 aliphatic heterocycles. The normalized spacial score (nSPS) is 12.0. The largest absolute Gasteiger partial charge is 0.467 e. The number of nitrogens with zero attached hydrogens (tertiary/aromatic N) is 5. The Morgan fingerprint density at radius 3 is 2.50 bits per heavy atom. The molecule has 4 rings (SSSR count). The van der Waals surface area contributed by atoms with Crippen LogP contribution in [0.4, 0.5) is 18.9 Å². The van der Waals surface area contributed by atoms with Crippen LogP contribution in [-0.2, 0) is 0 Å². The van der Waals surface area contributed by atoms with E-state index in [9.17, 15) is 22.8 Å². The molecule has 0 saturated heterocycles. The van der Waals surface area contributed by atoms with Crippen LogP contribution in [0.15, 0.2) is 42.7 Å². The molecule has 4 heterocycles. The van der Waals surface area contributed by atoms with Crippen LogP contribution in [0.5, 0.6) is 5.88 Å². The summed E-state index contributed by atoms with van der Waals surface area (Å²) < 4.78 is 45.3. The van der Waals surface area contributed by atoms with E-state index < -0.39 is 36.0 Å². The van der Waals surface area contributed by atoms with Crippen molar-refractivity contribution in [2.45, 2.75) is 39.4 Å². The number of amides is 2. The Hall–Kier alpha value is -4.13. The van der Waals surface area contributed by atoms with Gasteiger partial charge in [-0.25, -0.2) is 14.2 Å². The van der Waals surface area contributed by atoms with Crippen LogP contribution < -0.4 is 15.4 Å². The molecule has 0 saturated carbocycles. The lowest BCUT2D eigenvalue weighted by Crippen LogP contribution is -2.42. The van der Waals surface area contributed by atoms with Crippen molar-refractivity contribution >= 4 is 34.6 Å². The highest BCUT2D eigenvalue weighted by Crippen LogP contribution is 2.27. The number of halogens is 4. The first kappa shape index (κ1) is 26.9. The summed E-state index contributed by atoms with van der Waals surface area (Å²) in [6.45, 7) is 5.49. The summed E-state index contributed by atoms with van der Waals surface area (Å²) in [6, 6.07) is 7.48. The second-order valence-electron chi connectivity index (χ2n) is 9.37. The molecule has 10 nitrogen and oxygen atoms in total. The summed E-state index contributed by atoms with van der Waals surface area (Å²) in [6.07, 6.45) is -1.73. The molecule has 14 heteroatoms. The number of carbonyl (C=O) groups is 2. The number of alkyl halides is 3. The van der Waals surface area contributed by atoms with Gasteiger partial charge in [-0.15, -0.1) is 5.10 Å². The summed E-state index contributed by atoms with van der Waals surface area (Å²) >= 11 is 6.22. The minimum Gasteiger partial charge on any atom is -0.467 e. The fourth-order valence-electron chi connectivity index (χ4n) is 3.58. The Morgan fingerprint density at radius 1 is 1.11 bits per heavy atom. The van der Waals surface area contributed by atoms with Gasteiger partial charge in [-0.05, 0) is 57.5 Å². The number of nitrogens with one attached hydrogen (secondary N) is 2. The molecule has 0 unspecified atom stereocenters. The maximum Gasteiger partial charge on any atom is 0.422 e. The third-order valence-corrected chi connectivity index (χ3v) is 5.36. The van der Waals surface area contributed by atoms with Gasteiger partial charge >= 0.3 is 6.18 Å². The zero-order valence-electron chi connectivity index (χ0n) is 20.7. The van der Waals surface area contributed by atoms with Gasteiger partial charge in [-0.1, -0.05) is 11.6 Å². The molecule has 2 amide bonds. The second kappa shape index (κ2) is 9.97. The number of fused-ring (bicyclic) bond motifs is 1. The van der Waals surface area contributed by atoms with Crippen molar-refractivity contribution in [3.05, 3.63) is 64.7 Å². The average molecular weight is 550 g/mol. The highest BCUT2D eigenvalue weighted by molar-refractivity contribution is 6.32. The number of aryl methyl sites for hydroxylation is 1. The van der Waals surface area contributed by atoms with Crippen LogP contribution in [0.25, 0.3) is 11.3 Å². The maximum absolute atomic E-state index is 13.5. The lowest BCUT2D eigenvalue weighted by molar-refractivity contribution is -0.154. The monoisotopic (exact) mass is 549 g/mol. The van der Waals surface area contributed by atoms with E-state index in [1.165, 1.54) is 23.0 Å². The first-order chi connectivity index (χ1) is 17.7. The lowest BCUT2D eigenvalue weighted by atomic mass is 10.1. The molecule has 0 spiro atoms. The zero-order chi connectivity index (χ0) is 27.8. The predicted octanol–water partition coefficient (Wildman–Crippen LogP) is 4.60. The molecule has 0 radical (unpaired) electrons. The van der Waals surface area contributed by atoms with E-state index in [1.807, 2.05) is 0 Å². The standard InChI is InChI=1S/C24H23ClF3N7O3/c1-13-10-14-7-9-30-34(14)19(22(37)32-23(2,3)4)18(13)31-21(36)16-11-17(38-12-24(26,27)28)33-35(16)20-15(25)6-5-8-29-20/h5-11H,12H2,1-4H3,(H,31,36)(H,32,37). The van der Waals surface area contributed by atoms with Crippen molar-refractivity contribution in [1.82, 2.24) is 29.7 Å². The Kier molecular flexibility index (Phi) is 7.06. The summed E-state index contributed by atoms with van der Waals surface area (Å²) in [5.41, 5.74) is 0.536. The number of hydrogen-bond donors (Lipinski definition) is 2. The van der Waals surface area contributed by atoms with Crippen molar-refractivity contribution in [3.63, 3.8) is 0 Å². The van der Waals surface area contributed by atoms with Gasteiger partial charge in [0, 0.05) is 17.8 Å². The summed E-state index contributed by atoms with van der Waals surface area (Å²) in [4.78, 5) is 30.9. The zero-order valence-corrected chi connectivity index (χ0v) is 21.5. The molecule has 4 aromatic heterocycles. The van der Waals surface area contributed by atoms with Crippen molar-refractivity contribution in [2.24, 2.45) is 0 Å².